The lowest BCUT2D eigenvalue weighted by molar-refractivity contribution is -0.117. The van der Waals surface area contributed by atoms with Crippen molar-refractivity contribution in [3.05, 3.63) is 60.7 Å². The Labute approximate surface area is 197 Å². The molecule has 0 aliphatic rings. The number of nitrogens with zero attached hydrogens (tertiary/aromatic N) is 3. The number of hydrogen-bond acceptors (Lipinski definition) is 6. The molecule has 1 aromatic heterocycles. The summed E-state index contributed by atoms with van der Waals surface area (Å²) < 4.78 is 31.7. The highest BCUT2D eigenvalue weighted by Crippen LogP contribution is 2.32. The van der Waals surface area contributed by atoms with E-state index in [1.54, 1.807) is 11.0 Å². The van der Waals surface area contributed by atoms with Gasteiger partial charge in [-0.2, -0.15) is 0 Å². The smallest absolute Gasteiger partial charge is 0.257 e. The molecule has 33 heavy (non-hydrogen) atoms. The van der Waals surface area contributed by atoms with Crippen LogP contribution in [0.2, 0.25) is 0 Å². The Morgan fingerprint density at radius 2 is 1.82 bits per heavy atom. The standard InChI is InChI=1S/C24H25N3O4S2/c1-5-27(21-12-8-10-17-9-6-7-11-19(17)21)23(28)16(2)32-24-25-20-15-18(13-14-22(20)31-24)33(29,30)26(3)4/h6-16H,5H2,1-4H3/t16-/m0/s1. The number of benzene rings is 3. The normalized spacial score (nSPS) is 13.0. The highest BCUT2D eigenvalue weighted by Gasteiger charge is 2.25. The van der Waals surface area contributed by atoms with E-state index in [4.69, 9.17) is 4.42 Å². The number of anilines is 1. The van der Waals surface area contributed by atoms with E-state index in [0.29, 0.717) is 22.9 Å². The van der Waals surface area contributed by atoms with E-state index in [2.05, 4.69) is 4.98 Å². The SMILES string of the molecule is CCN(C(=O)[C@H](C)Sc1nc2cc(S(=O)(=O)N(C)C)ccc2o1)c1cccc2ccccc12. The van der Waals surface area contributed by atoms with Crippen molar-refractivity contribution >= 4 is 55.3 Å². The maximum absolute atomic E-state index is 13.3. The first-order valence-electron chi connectivity index (χ1n) is 10.5. The molecule has 0 radical (unpaired) electrons. The molecule has 0 spiro atoms. The van der Waals surface area contributed by atoms with Crippen molar-refractivity contribution < 1.29 is 17.6 Å². The van der Waals surface area contributed by atoms with Gasteiger partial charge in [0.05, 0.1) is 15.8 Å². The van der Waals surface area contributed by atoms with Gasteiger partial charge in [0.2, 0.25) is 15.9 Å². The summed E-state index contributed by atoms with van der Waals surface area (Å²) in [6.07, 6.45) is 0. The zero-order chi connectivity index (χ0) is 23.8. The molecule has 0 saturated heterocycles. The number of carbonyl (C=O) groups is 1. The number of carbonyl (C=O) groups excluding carboxylic acids is 1. The summed E-state index contributed by atoms with van der Waals surface area (Å²) in [5, 5.41) is 1.95. The molecule has 4 rings (SSSR count). The van der Waals surface area contributed by atoms with E-state index in [1.165, 1.54) is 38.0 Å². The summed E-state index contributed by atoms with van der Waals surface area (Å²) in [5.41, 5.74) is 1.77. The number of oxazole rings is 1. The number of rotatable bonds is 7. The van der Waals surface area contributed by atoms with Crippen molar-refractivity contribution in [2.24, 2.45) is 0 Å². The first kappa shape index (κ1) is 23.3. The van der Waals surface area contributed by atoms with Crippen molar-refractivity contribution in [2.45, 2.75) is 29.2 Å². The molecule has 1 heterocycles. The largest absolute Gasteiger partial charge is 0.431 e. The van der Waals surface area contributed by atoms with Crippen LogP contribution in [0, 0.1) is 0 Å². The monoisotopic (exact) mass is 483 g/mol. The summed E-state index contributed by atoms with van der Waals surface area (Å²) >= 11 is 1.21. The Morgan fingerprint density at radius 1 is 1.09 bits per heavy atom. The molecule has 3 aromatic carbocycles. The average Bonchev–Trinajstić information content (AvgIpc) is 3.21. The van der Waals surface area contributed by atoms with Gasteiger partial charge in [0, 0.05) is 26.0 Å². The van der Waals surface area contributed by atoms with Gasteiger partial charge in [0.15, 0.2) is 5.58 Å². The Hall–Kier alpha value is -2.88. The van der Waals surface area contributed by atoms with E-state index >= 15 is 0 Å². The topological polar surface area (TPSA) is 83.7 Å². The summed E-state index contributed by atoms with van der Waals surface area (Å²) in [4.78, 5) is 19.7. The van der Waals surface area contributed by atoms with Crippen LogP contribution in [0.3, 0.4) is 0 Å². The number of amides is 1. The van der Waals surface area contributed by atoms with E-state index in [-0.39, 0.29) is 10.8 Å². The molecule has 1 atom stereocenters. The van der Waals surface area contributed by atoms with Crippen LogP contribution in [0.15, 0.2) is 75.2 Å². The first-order valence-corrected chi connectivity index (χ1v) is 12.8. The van der Waals surface area contributed by atoms with Gasteiger partial charge in [0.1, 0.15) is 5.52 Å². The van der Waals surface area contributed by atoms with Gasteiger partial charge in [-0.05, 0) is 43.5 Å². The van der Waals surface area contributed by atoms with Crippen molar-refractivity contribution in [1.29, 1.82) is 0 Å². The Kier molecular flexibility index (Phi) is 6.47. The summed E-state index contributed by atoms with van der Waals surface area (Å²) in [6.45, 7) is 4.29. The number of fused-ring (bicyclic) bond motifs is 2. The average molecular weight is 484 g/mol. The minimum absolute atomic E-state index is 0.0583. The second kappa shape index (κ2) is 9.17. The maximum Gasteiger partial charge on any atom is 0.257 e. The lowest BCUT2D eigenvalue weighted by Crippen LogP contribution is -2.36. The molecular weight excluding hydrogens is 458 g/mol. The quantitative estimate of drug-likeness (QED) is 0.352. The van der Waals surface area contributed by atoms with Crippen LogP contribution in [0.4, 0.5) is 5.69 Å². The first-order chi connectivity index (χ1) is 15.7. The summed E-state index contributed by atoms with van der Waals surface area (Å²) in [5.74, 6) is -0.0583. The maximum atomic E-state index is 13.3. The number of thioether (sulfide) groups is 1. The van der Waals surface area contributed by atoms with Crippen molar-refractivity contribution in [1.82, 2.24) is 9.29 Å². The van der Waals surface area contributed by atoms with Crippen molar-refractivity contribution in [3.8, 4) is 0 Å². The van der Waals surface area contributed by atoms with Crippen LogP contribution >= 0.6 is 11.8 Å². The zero-order valence-corrected chi connectivity index (χ0v) is 20.5. The van der Waals surface area contributed by atoms with Gasteiger partial charge in [-0.3, -0.25) is 4.79 Å². The Morgan fingerprint density at radius 3 is 2.55 bits per heavy atom. The van der Waals surface area contributed by atoms with Crippen LogP contribution in [0.25, 0.3) is 21.9 Å². The molecule has 0 aliphatic heterocycles. The third-order valence-corrected chi connectivity index (χ3v) is 8.13. The predicted octanol–water partition coefficient (Wildman–Crippen LogP) is 4.77. The number of aromatic nitrogens is 1. The molecular formula is C24H25N3O4S2. The van der Waals surface area contributed by atoms with Gasteiger partial charge >= 0.3 is 0 Å². The minimum atomic E-state index is -3.57. The van der Waals surface area contributed by atoms with E-state index in [1.807, 2.05) is 56.3 Å². The Bertz CT molecular complexity index is 1420. The molecule has 1 amide bonds. The van der Waals surface area contributed by atoms with E-state index in [9.17, 15) is 13.2 Å². The third kappa shape index (κ3) is 4.48. The molecule has 0 N–H and O–H groups in total. The van der Waals surface area contributed by atoms with Crippen LogP contribution in [0.5, 0.6) is 0 Å². The van der Waals surface area contributed by atoms with Gasteiger partial charge in [-0.15, -0.1) is 0 Å². The van der Waals surface area contributed by atoms with Gasteiger partial charge in [-0.25, -0.2) is 17.7 Å². The van der Waals surface area contributed by atoms with Crippen LogP contribution in [-0.2, 0) is 14.8 Å². The number of sulfonamides is 1. The molecule has 0 saturated carbocycles. The molecule has 0 fully saturated rings. The van der Waals surface area contributed by atoms with Crippen LogP contribution in [0.1, 0.15) is 13.8 Å². The molecule has 0 bridgehead atoms. The summed E-state index contributed by atoms with van der Waals surface area (Å²) in [6, 6.07) is 18.5. The highest BCUT2D eigenvalue weighted by atomic mass is 32.2. The number of hydrogen-bond donors (Lipinski definition) is 0. The van der Waals surface area contributed by atoms with Crippen molar-refractivity contribution in [2.75, 3.05) is 25.5 Å². The fourth-order valence-electron chi connectivity index (χ4n) is 3.62. The molecule has 0 aliphatic carbocycles. The van der Waals surface area contributed by atoms with Crippen LogP contribution < -0.4 is 4.90 Å². The second-order valence-electron chi connectivity index (χ2n) is 7.74. The van der Waals surface area contributed by atoms with Gasteiger partial charge in [-0.1, -0.05) is 48.2 Å². The lowest BCUT2D eigenvalue weighted by atomic mass is 10.1. The molecule has 7 nitrogen and oxygen atoms in total. The molecule has 172 valence electrons. The van der Waals surface area contributed by atoms with Crippen LogP contribution in [-0.4, -0.2) is 49.5 Å². The molecule has 9 heteroatoms. The van der Waals surface area contributed by atoms with Gasteiger partial charge < -0.3 is 9.32 Å². The van der Waals surface area contributed by atoms with E-state index < -0.39 is 15.3 Å². The molecule has 4 aromatic rings. The second-order valence-corrected chi connectivity index (χ2v) is 11.2. The zero-order valence-electron chi connectivity index (χ0n) is 18.8. The fraction of sp³-hybridized carbons (Fsp3) is 0.250. The van der Waals surface area contributed by atoms with E-state index in [0.717, 1.165) is 20.8 Å². The molecule has 0 unspecified atom stereocenters. The highest BCUT2D eigenvalue weighted by molar-refractivity contribution is 8.00. The predicted molar refractivity (Wildman–Crippen MR) is 132 cm³/mol. The van der Waals surface area contributed by atoms with Crippen molar-refractivity contribution in [3.63, 3.8) is 0 Å². The lowest BCUT2D eigenvalue weighted by Gasteiger charge is -2.25. The fourth-order valence-corrected chi connectivity index (χ4v) is 5.36. The minimum Gasteiger partial charge on any atom is -0.431 e. The third-order valence-electron chi connectivity index (χ3n) is 5.38. The summed E-state index contributed by atoms with van der Waals surface area (Å²) in [7, 11) is -0.618. The van der Waals surface area contributed by atoms with Gasteiger partial charge in [0.25, 0.3) is 5.22 Å². The Balaban J connectivity index is 1.59.